The Labute approximate surface area is 112 Å². The minimum absolute atomic E-state index is 0.766. The highest BCUT2D eigenvalue weighted by atomic mass is 16.5. The van der Waals surface area contributed by atoms with Crippen LogP contribution in [0, 0.1) is 5.92 Å². The second-order valence-electron chi connectivity index (χ2n) is 5.97. The zero-order chi connectivity index (χ0) is 12.6. The van der Waals surface area contributed by atoms with E-state index < -0.39 is 0 Å². The summed E-state index contributed by atoms with van der Waals surface area (Å²) >= 11 is 0. The van der Waals surface area contributed by atoms with Gasteiger partial charge in [0.25, 0.3) is 0 Å². The molecule has 0 radical (unpaired) electrons. The van der Waals surface area contributed by atoms with Crippen molar-refractivity contribution in [2.75, 3.05) is 39.4 Å². The third kappa shape index (κ3) is 4.87. The summed E-state index contributed by atoms with van der Waals surface area (Å²) in [7, 11) is 0. The predicted octanol–water partition coefficient (Wildman–Crippen LogP) is 2.27. The van der Waals surface area contributed by atoms with Gasteiger partial charge in [-0.25, -0.2) is 0 Å². The molecular weight excluding hydrogens is 224 g/mol. The van der Waals surface area contributed by atoms with Crippen molar-refractivity contribution in [1.29, 1.82) is 0 Å². The summed E-state index contributed by atoms with van der Waals surface area (Å²) in [6.45, 7) is 9.23. The molecule has 0 aromatic rings. The van der Waals surface area contributed by atoms with Crippen LogP contribution in [-0.2, 0) is 4.74 Å². The van der Waals surface area contributed by atoms with Crippen molar-refractivity contribution >= 4 is 0 Å². The van der Waals surface area contributed by atoms with Gasteiger partial charge in [0.15, 0.2) is 0 Å². The van der Waals surface area contributed by atoms with Crippen LogP contribution in [0.3, 0.4) is 0 Å². The Morgan fingerprint density at radius 3 is 2.72 bits per heavy atom. The second-order valence-corrected chi connectivity index (χ2v) is 5.97. The predicted molar refractivity (Wildman–Crippen MR) is 75.9 cm³/mol. The first-order chi connectivity index (χ1) is 8.88. The average molecular weight is 254 g/mol. The number of unbranched alkanes of at least 4 members (excludes halogenated alkanes) is 1. The zero-order valence-corrected chi connectivity index (χ0v) is 12.0. The largest absolute Gasteiger partial charge is 0.381 e. The number of nitrogens with one attached hydrogen (secondary N) is 1. The van der Waals surface area contributed by atoms with Crippen molar-refractivity contribution in [1.82, 2.24) is 10.2 Å². The highest BCUT2D eigenvalue weighted by Crippen LogP contribution is 2.19. The molecule has 0 aromatic carbocycles. The molecule has 18 heavy (non-hydrogen) atoms. The quantitative estimate of drug-likeness (QED) is 0.705. The molecule has 2 aliphatic rings. The molecule has 3 nitrogen and oxygen atoms in total. The highest BCUT2D eigenvalue weighted by Gasteiger charge is 2.23. The number of ether oxygens (including phenoxy) is 1. The normalized spacial score (nSPS) is 26.8. The van der Waals surface area contributed by atoms with Gasteiger partial charge in [-0.05, 0) is 57.7 Å². The third-order valence-electron chi connectivity index (χ3n) is 4.34. The number of likely N-dealkylation sites (tertiary alicyclic amines) is 1. The summed E-state index contributed by atoms with van der Waals surface area (Å²) in [6, 6.07) is 0.766. The molecule has 2 aliphatic heterocycles. The molecule has 0 saturated carbocycles. The van der Waals surface area contributed by atoms with Gasteiger partial charge < -0.3 is 15.0 Å². The Morgan fingerprint density at radius 1 is 1.22 bits per heavy atom. The Balaban J connectivity index is 1.53. The molecule has 0 amide bonds. The van der Waals surface area contributed by atoms with Gasteiger partial charge in [0.2, 0.25) is 0 Å². The topological polar surface area (TPSA) is 24.5 Å². The number of hydrogen-bond donors (Lipinski definition) is 1. The first-order valence-electron chi connectivity index (χ1n) is 7.92. The third-order valence-corrected chi connectivity index (χ3v) is 4.34. The first kappa shape index (κ1) is 14.3. The fourth-order valence-electron chi connectivity index (χ4n) is 3.06. The van der Waals surface area contributed by atoms with Crippen LogP contribution in [-0.4, -0.2) is 50.3 Å². The molecule has 0 aliphatic carbocycles. The van der Waals surface area contributed by atoms with Crippen LogP contribution in [0.25, 0.3) is 0 Å². The van der Waals surface area contributed by atoms with E-state index in [4.69, 9.17) is 4.74 Å². The van der Waals surface area contributed by atoms with Gasteiger partial charge >= 0.3 is 0 Å². The molecule has 106 valence electrons. The van der Waals surface area contributed by atoms with Gasteiger partial charge in [-0.3, -0.25) is 0 Å². The van der Waals surface area contributed by atoms with Gasteiger partial charge in [-0.15, -0.1) is 0 Å². The van der Waals surface area contributed by atoms with Gasteiger partial charge in [0, 0.05) is 25.8 Å². The zero-order valence-electron chi connectivity index (χ0n) is 12.0. The summed E-state index contributed by atoms with van der Waals surface area (Å²) in [4.78, 5) is 2.64. The maximum atomic E-state index is 5.75. The van der Waals surface area contributed by atoms with Crippen LogP contribution in [0.15, 0.2) is 0 Å². The fraction of sp³-hybridized carbons (Fsp3) is 1.00. The summed E-state index contributed by atoms with van der Waals surface area (Å²) < 4.78 is 5.75. The lowest BCUT2D eigenvalue weighted by molar-refractivity contribution is 0.0638. The van der Waals surface area contributed by atoms with Gasteiger partial charge in [0.1, 0.15) is 0 Å². The Hall–Kier alpha value is -0.120. The maximum absolute atomic E-state index is 5.75. The molecule has 0 aromatic heterocycles. The molecular formula is C15H30N2O. The number of nitrogens with zero attached hydrogens (tertiary/aromatic N) is 1. The van der Waals surface area contributed by atoms with Crippen molar-refractivity contribution in [3.63, 3.8) is 0 Å². The van der Waals surface area contributed by atoms with E-state index >= 15 is 0 Å². The maximum Gasteiger partial charge on any atom is 0.0495 e. The number of hydrogen-bond acceptors (Lipinski definition) is 3. The summed E-state index contributed by atoms with van der Waals surface area (Å²) in [5, 5.41) is 3.60. The standard InChI is InChI=1S/C15H30N2O/c1-2-3-11-18-13-14-6-9-17(10-7-14)12-15-5-4-8-16-15/h14-16H,2-13H2,1H3/t15-/m0/s1. The van der Waals surface area contributed by atoms with E-state index in [1.165, 1.54) is 64.7 Å². The smallest absolute Gasteiger partial charge is 0.0495 e. The molecule has 1 N–H and O–H groups in total. The van der Waals surface area contributed by atoms with E-state index in [9.17, 15) is 0 Å². The van der Waals surface area contributed by atoms with Gasteiger partial charge in [-0.1, -0.05) is 13.3 Å². The van der Waals surface area contributed by atoms with E-state index in [0.717, 1.165) is 25.2 Å². The van der Waals surface area contributed by atoms with Crippen LogP contribution in [0.1, 0.15) is 45.4 Å². The minimum Gasteiger partial charge on any atom is -0.381 e. The second kappa shape index (κ2) is 8.13. The molecule has 3 heteroatoms. The number of piperidine rings is 1. The van der Waals surface area contributed by atoms with Crippen molar-refractivity contribution in [2.24, 2.45) is 5.92 Å². The van der Waals surface area contributed by atoms with Crippen molar-refractivity contribution in [2.45, 2.75) is 51.5 Å². The van der Waals surface area contributed by atoms with Gasteiger partial charge in [0.05, 0.1) is 0 Å². The van der Waals surface area contributed by atoms with Crippen LogP contribution in [0.4, 0.5) is 0 Å². The average Bonchev–Trinajstić information content (AvgIpc) is 2.89. The molecule has 2 rings (SSSR count). The Morgan fingerprint density at radius 2 is 2.06 bits per heavy atom. The summed E-state index contributed by atoms with van der Waals surface area (Å²) in [6.07, 6.45) is 7.86. The molecule has 2 saturated heterocycles. The summed E-state index contributed by atoms with van der Waals surface area (Å²) in [5.41, 5.74) is 0. The number of rotatable bonds is 7. The van der Waals surface area contributed by atoms with E-state index in [1.54, 1.807) is 0 Å². The molecule has 1 atom stereocenters. The van der Waals surface area contributed by atoms with Crippen LogP contribution < -0.4 is 5.32 Å². The molecule has 2 heterocycles. The van der Waals surface area contributed by atoms with Gasteiger partial charge in [-0.2, -0.15) is 0 Å². The van der Waals surface area contributed by atoms with Crippen molar-refractivity contribution in [3.05, 3.63) is 0 Å². The van der Waals surface area contributed by atoms with Crippen molar-refractivity contribution < 1.29 is 4.74 Å². The fourth-order valence-corrected chi connectivity index (χ4v) is 3.06. The van der Waals surface area contributed by atoms with Crippen LogP contribution in [0.2, 0.25) is 0 Å². The lowest BCUT2D eigenvalue weighted by Gasteiger charge is -2.33. The van der Waals surface area contributed by atoms with Crippen molar-refractivity contribution in [3.8, 4) is 0 Å². The molecule has 0 bridgehead atoms. The minimum atomic E-state index is 0.766. The van der Waals surface area contributed by atoms with Crippen LogP contribution in [0.5, 0.6) is 0 Å². The van der Waals surface area contributed by atoms with E-state index in [1.807, 2.05) is 0 Å². The monoisotopic (exact) mass is 254 g/mol. The lowest BCUT2D eigenvalue weighted by Crippen LogP contribution is -2.42. The van der Waals surface area contributed by atoms with Crippen LogP contribution >= 0.6 is 0 Å². The molecule has 2 fully saturated rings. The Bertz CT molecular complexity index is 209. The Kier molecular flexibility index (Phi) is 6.46. The van der Waals surface area contributed by atoms with E-state index in [-0.39, 0.29) is 0 Å². The lowest BCUT2D eigenvalue weighted by atomic mass is 9.97. The molecule has 0 spiro atoms. The molecule has 0 unspecified atom stereocenters. The highest BCUT2D eigenvalue weighted by molar-refractivity contribution is 4.80. The SMILES string of the molecule is CCCCOCC1CCN(C[C@@H]2CCCN2)CC1. The summed E-state index contributed by atoms with van der Waals surface area (Å²) in [5.74, 6) is 0.814. The van der Waals surface area contributed by atoms with E-state index in [2.05, 4.69) is 17.1 Å². The van der Waals surface area contributed by atoms with E-state index in [0.29, 0.717) is 0 Å². The first-order valence-corrected chi connectivity index (χ1v) is 7.92.